The van der Waals surface area contributed by atoms with Gasteiger partial charge < -0.3 is 42.1 Å². The fourth-order valence-corrected chi connectivity index (χ4v) is 4.74. The quantitative estimate of drug-likeness (QED) is 0.0508. The molecule has 0 spiro atoms. The van der Waals surface area contributed by atoms with Gasteiger partial charge in [-0.2, -0.15) is 0 Å². The smallest absolute Gasteiger partial charge is 0.303 e. The number of benzene rings is 5. The summed E-state index contributed by atoms with van der Waals surface area (Å²) in [6, 6.07) is 38.0. The van der Waals surface area contributed by atoms with E-state index in [0.717, 1.165) is 45.5 Å². The monoisotopic (exact) mass is 672 g/mol. The van der Waals surface area contributed by atoms with Gasteiger partial charge in [0.25, 0.3) is 0 Å². The minimum Gasteiger partial charge on any atom is -0.481 e. The van der Waals surface area contributed by atoms with Crippen molar-refractivity contribution in [3.8, 4) is 0 Å². The second kappa shape index (κ2) is 16.8. The zero-order chi connectivity index (χ0) is 35.3. The van der Waals surface area contributed by atoms with Crippen molar-refractivity contribution in [3.63, 3.8) is 0 Å². The van der Waals surface area contributed by atoms with Crippen LogP contribution in [0.1, 0.15) is 25.7 Å². The Morgan fingerprint density at radius 2 is 0.500 bits per heavy atom. The molecule has 2 amide bonds. The van der Waals surface area contributed by atoms with Crippen LogP contribution in [0.3, 0.4) is 0 Å². The Morgan fingerprint density at radius 3 is 0.680 bits per heavy atom. The Kier molecular flexibility index (Phi) is 11.6. The number of hydrogen-bond donors (Lipinski definition) is 8. The molecule has 0 fully saturated rings. The van der Waals surface area contributed by atoms with Gasteiger partial charge in [0.2, 0.25) is 11.8 Å². The van der Waals surface area contributed by atoms with Crippen LogP contribution in [0.25, 0.3) is 0 Å². The summed E-state index contributed by atoms with van der Waals surface area (Å²) in [5.74, 6) is -2.70. The first-order valence-electron chi connectivity index (χ1n) is 15.8. The number of nitrogens with one attached hydrogen (secondary N) is 6. The van der Waals surface area contributed by atoms with Crippen molar-refractivity contribution in [2.75, 3.05) is 31.9 Å². The van der Waals surface area contributed by atoms with Crippen LogP contribution in [0, 0.1) is 0 Å². The van der Waals surface area contributed by atoms with E-state index < -0.39 is 11.9 Å². The van der Waals surface area contributed by atoms with Crippen LogP contribution in [-0.2, 0) is 19.2 Å². The minimum absolute atomic E-state index is 0.0729. The molecule has 0 heterocycles. The summed E-state index contributed by atoms with van der Waals surface area (Å²) in [6.45, 7) is 0. The van der Waals surface area contributed by atoms with E-state index in [0.29, 0.717) is 11.4 Å². The number of carboxylic acids is 2. The molecule has 12 heteroatoms. The van der Waals surface area contributed by atoms with Crippen molar-refractivity contribution in [1.29, 1.82) is 0 Å². The second-order valence-corrected chi connectivity index (χ2v) is 11.3. The molecule has 254 valence electrons. The molecule has 12 nitrogen and oxygen atoms in total. The molecule has 5 aromatic rings. The highest BCUT2D eigenvalue weighted by molar-refractivity contribution is 5.93. The lowest BCUT2D eigenvalue weighted by Crippen LogP contribution is -2.13. The first-order valence-corrected chi connectivity index (χ1v) is 15.8. The van der Waals surface area contributed by atoms with E-state index in [-0.39, 0.29) is 37.5 Å². The Morgan fingerprint density at radius 1 is 0.320 bits per heavy atom. The van der Waals surface area contributed by atoms with Gasteiger partial charge in [-0.1, -0.05) is 0 Å². The Bertz CT molecular complexity index is 1770. The molecule has 0 aliphatic rings. The highest BCUT2D eigenvalue weighted by atomic mass is 16.4. The van der Waals surface area contributed by atoms with Crippen LogP contribution in [0.4, 0.5) is 56.9 Å². The molecule has 50 heavy (non-hydrogen) atoms. The van der Waals surface area contributed by atoms with E-state index in [1.54, 1.807) is 24.3 Å². The molecule has 0 bridgehead atoms. The summed E-state index contributed by atoms with van der Waals surface area (Å²) in [5, 5.41) is 36.2. The molecule has 8 N–H and O–H groups in total. The minimum atomic E-state index is -1.01. The second-order valence-electron chi connectivity index (χ2n) is 11.3. The third kappa shape index (κ3) is 11.2. The van der Waals surface area contributed by atoms with E-state index in [1.165, 1.54) is 0 Å². The molecule has 5 aromatic carbocycles. The highest BCUT2D eigenvalue weighted by Crippen LogP contribution is 2.26. The molecule has 0 atom stereocenters. The maximum atomic E-state index is 11.8. The zero-order valence-electron chi connectivity index (χ0n) is 26.9. The van der Waals surface area contributed by atoms with E-state index >= 15 is 0 Å². The van der Waals surface area contributed by atoms with Crippen molar-refractivity contribution in [2.45, 2.75) is 25.7 Å². The summed E-state index contributed by atoms with van der Waals surface area (Å²) >= 11 is 0. The maximum Gasteiger partial charge on any atom is 0.303 e. The summed E-state index contributed by atoms with van der Waals surface area (Å²) < 4.78 is 0. The van der Waals surface area contributed by atoms with Crippen LogP contribution in [0.15, 0.2) is 121 Å². The van der Waals surface area contributed by atoms with E-state index in [4.69, 9.17) is 10.2 Å². The van der Waals surface area contributed by atoms with Gasteiger partial charge in [0, 0.05) is 69.7 Å². The number of anilines is 10. The number of carbonyl (C=O) groups excluding carboxylic acids is 2. The van der Waals surface area contributed by atoms with Crippen LogP contribution in [0.2, 0.25) is 0 Å². The van der Waals surface area contributed by atoms with Gasteiger partial charge in [-0.15, -0.1) is 0 Å². The van der Waals surface area contributed by atoms with Crippen LogP contribution in [-0.4, -0.2) is 34.0 Å². The topological polar surface area (TPSA) is 181 Å². The lowest BCUT2D eigenvalue weighted by molar-refractivity contribution is -0.138. The number of aliphatic carboxylic acids is 2. The standard InChI is InChI=1S/C38H36N6O6/c45-35(21-23-37(47)48)43-33-17-13-31(14-18-33)41-29-9-5-27(6-10-29)39-25-1-2-26(4-3-25)40-28-7-11-30(12-8-28)42-32-15-19-34(20-16-32)44-36(46)22-24-38(49)50/h1-20,39-42H,21-24H2,(H,43,45)(H,44,46)(H,47,48)(H,49,50). The zero-order valence-corrected chi connectivity index (χ0v) is 26.9. The van der Waals surface area contributed by atoms with E-state index in [2.05, 4.69) is 31.9 Å². The molecule has 0 radical (unpaired) electrons. The number of amides is 2. The van der Waals surface area contributed by atoms with Gasteiger partial charge in [-0.05, 0) is 121 Å². The number of carbonyl (C=O) groups is 4. The van der Waals surface area contributed by atoms with Crippen molar-refractivity contribution < 1.29 is 29.4 Å². The summed E-state index contributed by atoms with van der Waals surface area (Å²) in [7, 11) is 0. The fourth-order valence-electron chi connectivity index (χ4n) is 4.74. The highest BCUT2D eigenvalue weighted by Gasteiger charge is 2.07. The average molecular weight is 673 g/mol. The first-order chi connectivity index (χ1) is 24.2. The predicted octanol–water partition coefficient (Wildman–Crippen LogP) is 8.27. The number of carboxylic acid groups (broad SMARTS) is 2. The maximum absolute atomic E-state index is 11.8. The molecule has 0 unspecified atom stereocenters. The SMILES string of the molecule is O=C(O)CCC(=O)Nc1ccc(Nc2ccc(Nc3ccc(Nc4ccc(Nc5ccc(NC(=O)CCC(=O)O)cc5)cc4)cc3)cc2)cc1. The Balaban J connectivity index is 1.06. The molecular weight excluding hydrogens is 636 g/mol. The van der Waals surface area contributed by atoms with Gasteiger partial charge >= 0.3 is 11.9 Å². The third-order valence-electron chi connectivity index (χ3n) is 7.28. The number of hydrogen-bond acceptors (Lipinski definition) is 8. The van der Waals surface area contributed by atoms with Crippen molar-refractivity contribution in [3.05, 3.63) is 121 Å². The van der Waals surface area contributed by atoms with Crippen LogP contribution in [0.5, 0.6) is 0 Å². The fraction of sp³-hybridized carbons (Fsp3) is 0.105. The van der Waals surface area contributed by atoms with Gasteiger partial charge in [0.15, 0.2) is 0 Å². The Labute approximate surface area is 288 Å². The van der Waals surface area contributed by atoms with E-state index in [9.17, 15) is 19.2 Å². The van der Waals surface area contributed by atoms with Gasteiger partial charge in [0.05, 0.1) is 12.8 Å². The molecule has 5 rings (SSSR count). The van der Waals surface area contributed by atoms with Crippen molar-refractivity contribution >= 4 is 80.6 Å². The van der Waals surface area contributed by atoms with Gasteiger partial charge in [-0.25, -0.2) is 0 Å². The average Bonchev–Trinajstić information content (AvgIpc) is 3.11. The first kappa shape index (κ1) is 34.5. The van der Waals surface area contributed by atoms with E-state index in [1.807, 2.05) is 97.1 Å². The number of rotatable bonds is 16. The summed E-state index contributed by atoms with van der Waals surface area (Å²) in [6.07, 6.45) is -0.561. The molecule has 0 saturated heterocycles. The van der Waals surface area contributed by atoms with Gasteiger partial charge in [-0.3, -0.25) is 19.2 Å². The third-order valence-corrected chi connectivity index (χ3v) is 7.28. The normalized spacial score (nSPS) is 10.4. The van der Waals surface area contributed by atoms with Crippen LogP contribution < -0.4 is 31.9 Å². The lowest BCUT2D eigenvalue weighted by Gasteiger charge is -2.12. The van der Waals surface area contributed by atoms with Gasteiger partial charge in [0.1, 0.15) is 0 Å². The lowest BCUT2D eigenvalue weighted by atomic mass is 10.2. The molecule has 0 saturated carbocycles. The molecule has 0 aliphatic carbocycles. The van der Waals surface area contributed by atoms with Crippen molar-refractivity contribution in [1.82, 2.24) is 0 Å². The largest absolute Gasteiger partial charge is 0.481 e. The molecule has 0 aliphatic heterocycles. The summed E-state index contributed by atoms with van der Waals surface area (Å²) in [5.41, 5.74) is 8.38. The molecule has 0 aromatic heterocycles. The van der Waals surface area contributed by atoms with Crippen LogP contribution >= 0.6 is 0 Å². The Hall–Kier alpha value is -6.82. The predicted molar refractivity (Wildman–Crippen MR) is 196 cm³/mol. The molecular formula is C38H36N6O6. The van der Waals surface area contributed by atoms with Crippen molar-refractivity contribution in [2.24, 2.45) is 0 Å². The summed E-state index contributed by atoms with van der Waals surface area (Å²) in [4.78, 5) is 44.9.